The summed E-state index contributed by atoms with van der Waals surface area (Å²) in [6, 6.07) is 3.19. The zero-order chi connectivity index (χ0) is 17.0. The molecular weight excluding hydrogens is 364 g/mol. The van der Waals surface area contributed by atoms with Crippen molar-refractivity contribution in [1.82, 2.24) is 15.2 Å². The molecule has 1 aliphatic rings. The number of likely N-dealkylation sites (tertiary alicyclic amines) is 1. The Morgan fingerprint density at radius 1 is 1.39 bits per heavy atom. The van der Waals surface area contributed by atoms with Gasteiger partial charge in [0.25, 0.3) is 0 Å². The van der Waals surface area contributed by atoms with E-state index in [4.69, 9.17) is 4.74 Å². The number of ether oxygens (including phenoxy) is 1. The summed E-state index contributed by atoms with van der Waals surface area (Å²) in [6.07, 6.45) is 1.85. The lowest BCUT2D eigenvalue weighted by molar-refractivity contribution is 0.0506. The average molecular weight is 385 g/mol. The van der Waals surface area contributed by atoms with Crippen LogP contribution in [0, 0.1) is 0 Å². The lowest BCUT2D eigenvalue weighted by Gasteiger charge is -2.22. The van der Waals surface area contributed by atoms with Gasteiger partial charge < -0.3 is 15.0 Å². The summed E-state index contributed by atoms with van der Waals surface area (Å²) in [5.74, 6) is 0.488. The molecule has 0 aromatic carbocycles. The Labute approximate surface area is 143 Å². The fourth-order valence-corrected chi connectivity index (χ4v) is 2.41. The highest BCUT2D eigenvalue weighted by molar-refractivity contribution is 9.10. The van der Waals surface area contributed by atoms with Gasteiger partial charge in [-0.2, -0.15) is 0 Å². The number of nitrogens with zero attached hydrogens (tertiary/aromatic N) is 2. The first-order chi connectivity index (χ1) is 10.7. The van der Waals surface area contributed by atoms with E-state index in [1.54, 1.807) is 23.2 Å². The third kappa shape index (κ3) is 5.70. The fourth-order valence-electron chi connectivity index (χ4n) is 2.18. The third-order valence-electron chi connectivity index (χ3n) is 3.16. The van der Waals surface area contributed by atoms with Gasteiger partial charge in [0, 0.05) is 23.8 Å². The highest BCUT2D eigenvalue weighted by Gasteiger charge is 2.29. The molecule has 0 spiro atoms. The van der Waals surface area contributed by atoms with Gasteiger partial charge in [0.2, 0.25) is 0 Å². The molecule has 7 nitrogen and oxygen atoms in total. The molecule has 3 amide bonds. The molecule has 1 fully saturated rings. The molecule has 0 bridgehead atoms. The zero-order valence-electron chi connectivity index (χ0n) is 13.4. The van der Waals surface area contributed by atoms with Crippen molar-refractivity contribution in [1.29, 1.82) is 0 Å². The molecule has 1 aromatic heterocycles. The van der Waals surface area contributed by atoms with Crippen LogP contribution in [-0.2, 0) is 4.74 Å². The topological polar surface area (TPSA) is 83.6 Å². The number of pyridine rings is 1. The maximum atomic E-state index is 12.2. The molecule has 0 aliphatic carbocycles. The van der Waals surface area contributed by atoms with Crippen LogP contribution in [-0.4, -0.2) is 46.7 Å². The summed E-state index contributed by atoms with van der Waals surface area (Å²) in [6.45, 7) is 6.45. The minimum atomic E-state index is -0.535. The first-order valence-corrected chi connectivity index (χ1v) is 8.19. The van der Waals surface area contributed by atoms with Gasteiger partial charge in [0.15, 0.2) is 0 Å². The SMILES string of the molecule is CC(C)(C)OC(=O)NC1CCN(C(=O)Nc2ccc(Br)cn2)C1. The first kappa shape index (κ1) is 17.5. The van der Waals surface area contributed by atoms with Gasteiger partial charge in [0.05, 0.1) is 6.04 Å². The van der Waals surface area contributed by atoms with E-state index in [1.807, 2.05) is 20.8 Å². The summed E-state index contributed by atoms with van der Waals surface area (Å²) in [5.41, 5.74) is -0.535. The van der Waals surface area contributed by atoms with Crippen molar-refractivity contribution >= 4 is 33.9 Å². The second kappa shape index (κ2) is 7.16. The monoisotopic (exact) mass is 384 g/mol. The van der Waals surface area contributed by atoms with E-state index in [9.17, 15) is 9.59 Å². The number of carbonyl (C=O) groups excluding carboxylic acids is 2. The number of carbonyl (C=O) groups is 2. The fraction of sp³-hybridized carbons (Fsp3) is 0.533. The molecule has 2 heterocycles. The Hall–Kier alpha value is -1.83. The van der Waals surface area contributed by atoms with E-state index in [2.05, 4.69) is 31.5 Å². The van der Waals surface area contributed by atoms with Crippen LogP contribution in [0.1, 0.15) is 27.2 Å². The van der Waals surface area contributed by atoms with Crippen LogP contribution in [0.15, 0.2) is 22.8 Å². The lowest BCUT2D eigenvalue weighted by Crippen LogP contribution is -2.42. The van der Waals surface area contributed by atoms with E-state index in [0.717, 1.165) is 4.47 Å². The predicted molar refractivity (Wildman–Crippen MR) is 90.3 cm³/mol. The Morgan fingerprint density at radius 2 is 2.13 bits per heavy atom. The molecule has 23 heavy (non-hydrogen) atoms. The third-order valence-corrected chi connectivity index (χ3v) is 3.63. The molecule has 126 valence electrons. The summed E-state index contributed by atoms with van der Waals surface area (Å²) >= 11 is 3.29. The van der Waals surface area contributed by atoms with Crippen LogP contribution in [0.4, 0.5) is 15.4 Å². The number of alkyl carbamates (subject to hydrolysis) is 1. The highest BCUT2D eigenvalue weighted by Crippen LogP contribution is 2.14. The number of aromatic nitrogens is 1. The van der Waals surface area contributed by atoms with Crippen LogP contribution >= 0.6 is 15.9 Å². The Balaban J connectivity index is 1.81. The molecule has 1 unspecified atom stereocenters. The zero-order valence-corrected chi connectivity index (χ0v) is 15.0. The quantitative estimate of drug-likeness (QED) is 0.820. The van der Waals surface area contributed by atoms with Gasteiger partial charge >= 0.3 is 12.1 Å². The number of hydrogen-bond acceptors (Lipinski definition) is 4. The van der Waals surface area contributed by atoms with Gasteiger partial charge in [-0.05, 0) is 55.3 Å². The van der Waals surface area contributed by atoms with E-state index in [1.165, 1.54) is 0 Å². The van der Waals surface area contributed by atoms with Crippen molar-refractivity contribution in [3.8, 4) is 0 Å². The van der Waals surface area contributed by atoms with Crippen LogP contribution in [0.25, 0.3) is 0 Å². The molecule has 0 saturated carbocycles. The maximum absolute atomic E-state index is 12.2. The molecule has 8 heteroatoms. The molecule has 0 radical (unpaired) electrons. The molecule has 1 aromatic rings. The van der Waals surface area contributed by atoms with E-state index in [-0.39, 0.29) is 12.1 Å². The molecule has 2 rings (SSSR count). The standard InChI is InChI=1S/C15H21BrN4O3/c1-15(2,3)23-14(22)18-11-6-7-20(9-11)13(21)19-12-5-4-10(16)8-17-12/h4-5,8,11H,6-7,9H2,1-3H3,(H,18,22)(H,17,19,21). The van der Waals surface area contributed by atoms with Gasteiger partial charge in [-0.3, -0.25) is 5.32 Å². The molecule has 2 N–H and O–H groups in total. The van der Waals surface area contributed by atoms with Crippen molar-refractivity contribution in [2.75, 3.05) is 18.4 Å². The molecule has 1 atom stereocenters. The van der Waals surface area contributed by atoms with Crippen molar-refractivity contribution in [3.05, 3.63) is 22.8 Å². The van der Waals surface area contributed by atoms with Gasteiger partial charge in [-0.1, -0.05) is 0 Å². The summed E-state index contributed by atoms with van der Waals surface area (Å²) in [7, 11) is 0. The smallest absolute Gasteiger partial charge is 0.407 e. The van der Waals surface area contributed by atoms with Crippen LogP contribution < -0.4 is 10.6 Å². The second-order valence-corrected chi connectivity index (χ2v) is 7.29. The van der Waals surface area contributed by atoms with E-state index in [0.29, 0.717) is 25.3 Å². The number of nitrogens with one attached hydrogen (secondary N) is 2. The largest absolute Gasteiger partial charge is 0.444 e. The minimum Gasteiger partial charge on any atom is -0.444 e. The number of rotatable bonds is 2. The lowest BCUT2D eigenvalue weighted by atomic mass is 10.2. The van der Waals surface area contributed by atoms with Crippen molar-refractivity contribution in [3.63, 3.8) is 0 Å². The van der Waals surface area contributed by atoms with E-state index >= 15 is 0 Å². The number of amides is 3. The Morgan fingerprint density at radius 3 is 2.74 bits per heavy atom. The maximum Gasteiger partial charge on any atom is 0.407 e. The van der Waals surface area contributed by atoms with Crippen LogP contribution in [0.2, 0.25) is 0 Å². The van der Waals surface area contributed by atoms with Crippen LogP contribution in [0.3, 0.4) is 0 Å². The summed E-state index contributed by atoms with van der Waals surface area (Å²) < 4.78 is 6.06. The molecule has 1 aliphatic heterocycles. The first-order valence-electron chi connectivity index (χ1n) is 7.40. The van der Waals surface area contributed by atoms with Crippen molar-refractivity contribution < 1.29 is 14.3 Å². The number of anilines is 1. The number of halogens is 1. The van der Waals surface area contributed by atoms with Crippen LogP contribution in [0.5, 0.6) is 0 Å². The summed E-state index contributed by atoms with van der Waals surface area (Å²) in [5, 5.41) is 5.52. The second-order valence-electron chi connectivity index (χ2n) is 6.37. The number of urea groups is 1. The predicted octanol–water partition coefficient (Wildman–Crippen LogP) is 2.98. The van der Waals surface area contributed by atoms with Gasteiger partial charge in [-0.25, -0.2) is 14.6 Å². The minimum absolute atomic E-state index is 0.103. The average Bonchev–Trinajstić information content (AvgIpc) is 2.87. The van der Waals surface area contributed by atoms with Crippen molar-refractivity contribution in [2.45, 2.75) is 38.8 Å². The highest BCUT2D eigenvalue weighted by atomic mass is 79.9. The van der Waals surface area contributed by atoms with E-state index < -0.39 is 11.7 Å². The molecular formula is C15H21BrN4O3. The summed E-state index contributed by atoms with van der Waals surface area (Å²) in [4.78, 5) is 29.7. The van der Waals surface area contributed by atoms with Crippen molar-refractivity contribution in [2.24, 2.45) is 0 Å². The number of hydrogen-bond donors (Lipinski definition) is 2. The Kier molecular flexibility index (Phi) is 5.46. The Bertz CT molecular complexity index is 571. The van der Waals surface area contributed by atoms with Gasteiger partial charge in [-0.15, -0.1) is 0 Å². The van der Waals surface area contributed by atoms with Gasteiger partial charge in [0.1, 0.15) is 11.4 Å². The molecule has 1 saturated heterocycles. The normalized spacial score (nSPS) is 17.7.